The minimum absolute atomic E-state index is 0.00647. The molecule has 0 aromatic carbocycles. The Hall–Kier alpha value is -3.33. The van der Waals surface area contributed by atoms with E-state index in [1.165, 1.54) is 28.4 Å². The Morgan fingerprint density at radius 1 is 1.04 bits per heavy atom. The smallest absolute Gasteiger partial charge is 0.332 e. The van der Waals surface area contributed by atoms with Crippen molar-refractivity contribution in [1.82, 2.24) is 14.5 Å². The number of carbonyl (C=O) groups excluding carboxylic acids is 1. The summed E-state index contributed by atoms with van der Waals surface area (Å²) in [6.07, 6.45) is 3.00. The third-order valence-corrected chi connectivity index (χ3v) is 4.96. The number of fused-ring (bicyclic) bond motifs is 1. The van der Waals surface area contributed by atoms with Gasteiger partial charge in [-0.05, 0) is 35.7 Å². The molecule has 0 saturated carbocycles. The minimum atomic E-state index is -0.560. The van der Waals surface area contributed by atoms with Gasteiger partial charge < -0.3 is 14.2 Å². The minimum Gasteiger partial charge on any atom is -0.467 e. The molecule has 1 N–H and O–H groups in total. The fourth-order valence-electron chi connectivity index (χ4n) is 2.78. The van der Waals surface area contributed by atoms with Gasteiger partial charge in [0.15, 0.2) is 0 Å². The molecule has 0 aliphatic rings. The van der Waals surface area contributed by atoms with Crippen molar-refractivity contribution in [2.75, 3.05) is 0 Å². The molecule has 0 aliphatic heterocycles. The molecular formula is C18H15N3O5S. The monoisotopic (exact) mass is 385 g/mol. The van der Waals surface area contributed by atoms with Crippen LogP contribution in [0.5, 0.6) is 0 Å². The maximum Gasteiger partial charge on any atom is 0.332 e. The van der Waals surface area contributed by atoms with E-state index in [2.05, 4.69) is 5.32 Å². The van der Waals surface area contributed by atoms with Crippen molar-refractivity contribution in [2.45, 2.75) is 19.6 Å². The fourth-order valence-corrected chi connectivity index (χ4v) is 3.63. The second kappa shape index (κ2) is 7.12. The zero-order chi connectivity index (χ0) is 18.8. The molecule has 0 fully saturated rings. The van der Waals surface area contributed by atoms with Gasteiger partial charge in [0.25, 0.3) is 5.56 Å². The standard InChI is InChI=1S/C18H15N3O5S/c22-15(19-9-12-3-1-6-25-12)11-20-14-5-8-27-16(14)17(23)21(18(20)24)10-13-4-2-7-26-13/h1-8H,9-11H2,(H,19,22). The van der Waals surface area contributed by atoms with Gasteiger partial charge in [0.1, 0.15) is 22.8 Å². The molecular weight excluding hydrogens is 370 g/mol. The lowest BCUT2D eigenvalue weighted by molar-refractivity contribution is -0.121. The van der Waals surface area contributed by atoms with Crippen LogP contribution in [0.2, 0.25) is 0 Å². The molecule has 0 saturated heterocycles. The first-order valence-corrected chi connectivity index (χ1v) is 9.04. The van der Waals surface area contributed by atoms with E-state index in [0.717, 1.165) is 4.57 Å². The van der Waals surface area contributed by atoms with E-state index in [9.17, 15) is 14.4 Å². The molecule has 0 bridgehead atoms. The molecule has 9 heteroatoms. The summed E-state index contributed by atoms with van der Waals surface area (Å²) in [7, 11) is 0. The van der Waals surface area contributed by atoms with Crippen LogP contribution in [0, 0.1) is 0 Å². The maximum absolute atomic E-state index is 12.9. The molecule has 0 radical (unpaired) electrons. The molecule has 0 atom stereocenters. The Morgan fingerprint density at radius 3 is 2.48 bits per heavy atom. The average Bonchev–Trinajstić information content (AvgIpc) is 3.42. The average molecular weight is 385 g/mol. The Bertz CT molecular complexity index is 1180. The lowest BCUT2D eigenvalue weighted by Gasteiger charge is -2.11. The second-order valence-electron chi connectivity index (χ2n) is 5.83. The Kier molecular flexibility index (Phi) is 4.51. The maximum atomic E-state index is 12.9. The molecule has 0 unspecified atom stereocenters. The highest BCUT2D eigenvalue weighted by Crippen LogP contribution is 2.15. The van der Waals surface area contributed by atoms with Crippen molar-refractivity contribution < 1.29 is 13.6 Å². The Labute approximate surface area is 156 Å². The SMILES string of the molecule is O=C(Cn1c(=O)n(Cc2ccco2)c(=O)c2sccc21)NCc1ccco1. The quantitative estimate of drug-likeness (QED) is 0.545. The summed E-state index contributed by atoms with van der Waals surface area (Å²) >= 11 is 1.23. The number of amides is 1. The van der Waals surface area contributed by atoms with E-state index in [1.54, 1.807) is 35.7 Å². The summed E-state index contributed by atoms with van der Waals surface area (Å²) in [5.74, 6) is 0.738. The predicted molar refractivity (Wildman–Crippen MR) is 98.7 cm³/mol. The summed E-state index contributed by atoms with van der Waals surface area (Å²) in [6, 6.07) is 8.51. The fraction of sp³-hybridized carbons (Fsp3) is 0.167. The lowest BCUT2D eigenvalue weighted by Crippen LogP contribution is -2.42. The lowest BCUT2D eigenvalue weighted by atomic mass is 10.4. The predicted octanol–water partition coefficient (Wildman–Crippen LogP) is 1.78. The van der Waals surface area contributed by atoms with Gasteiger partial charge in [-0.25, -0.2) is 4.79 Å². The van der Waals surface area contributed by atoms with Crippen LogP contribution in [0.1, 0.15) is 11.5 Å². The zero-order valence-corrected chi connectivity index (χ0v) is 14.9. The number of furan rings is 2. The van der Waals surface area contributed by atoms with Crippen LogP contribution in [0.25, 0.3) is 10.2 Å². The summed E-state index contributed by atoms with van der Waals surface area (Å²) in [5.41, 5.74) is -0.511. The van der Waals surface area contributed by atoms with Crippen molar-refractivity contribution in [2.24, 2.45) is 0 Å². The van der Waals surface area contributed by atoms with E-state index >= 15 is 0 Å². The van der Waals surface area contributed by atoms with Crippen LogP contribution in [0.15, 0.2) is 66.7 Å². The van der Waals surface area contributed by atoms with Crippen LogP contribution in [0.4, 0.5) is 0 Å². The normalized spacial score (nSPS) is 11.1. The van der Waals surface area contributed by atoms with Crippen molar-refractivity contribution >= 4 is 27.5 Å². The van der Waals surface area contributed by atoms with Gasteiger partial charge in [-0.15, -0.1) is 11.3 Å². The van der Waals surface area contributed by atoms with Gasteiger partial charge in [-0.3, -0.25) is 18.7 Å². The molecule has 4 aromatic rings. The van der Waals surface area contributed by atoms with Gasteiger partial charge in [-0.2, -0.15) is 0 Å². The summed E-state index contributed by atoms with van der Waals surface area (Å²) in [6.45, 7) is 0.0249. The Balaban J connectivity index is 1.67. The first-order chi connectivity index (χ1) is 13.1. The number of rotatable bonds is 6. The highest BCUT2D eigenvalue weighted by molar-refractivity contribution is 7.17. The number of hydrogen-bond acceptors (Lipinski definition) is 6. The third-order valence-electron chi connectivity index (χ3n) is 4.07. The van der Waals surface area contributed by atoms with Gasteiger partial charge in [0.05, 0.1) is 31.1 Å². The van der Waals surface area contributed by atoms with E-state index in [0.29, 0.717) is 21.7 Å². The molecule has 27 heavy (non-hydrogen) atoms. The van der Waals surface area contributed by atoms with Crippen molar-refractivity contribution in [3.05, 3.63) is 80.6 Å². The van der Waals surface area contributed by atoms with Gasteiger partial charge in [0, 0.05) is 0 Å². The van der Waals surface area contributed by atoms with Crippen molar-refractivity contribution in [1.29, 1.82) is 0 Å². The first-order valence-electron chi connectivity index (χ1n) is 8.16. The highest BCUT2D eigenvalue weighted by atomic mass is 32.1. The summed E-state index contributed by atoms with van der Waals surface area (Å²) in [5, 5.41) is 4.42. The van der Waals surface area contributed by atoms with Crippen LogP contribution in [0.3, 0.4) is 0 Å². The van der Waals surface area contributed by atoms with Crippen LogP contribution < -0.4 is 16.6 Å². The number of carbonyl (C=O) groups is 1. The number of thiophene rings is 1. The van der Waals surface area contributed by atoms with Gasteiger partial charge >= 0.3 is 5.69 Å². The van der Waals surface area contributed by atoms with Gasteiger partial charge in [-0.1, -0.05) is 0 Å². The van der Waals surface area contributed by atoms with E-state index < -0.39 is 11.2 Å². The zero-order valence-electron chi connectivity index (χ0n) is 14.1. The van der Waals surface area contributed by atoms with Crippen molar-refractivity contribution in [3.8, 4) is 0 Å². The van der Waals surface area contributed by atoms with E-state index in [4.69, 9.17) is 8.83 Å². The third kappa shape index (κ3) is 3.36. The molecule has 0 aliphatic carbocycles. The summed E-state index contributed by atoms with van der Waals surface area (Å²) in [4.78, 5) is 37.9. The highest BCUT2D eigenvalue weighted by Gasteiger charge is 2.17. The molecule has 4 aromatic heterocycles. The van der Waals surface area contributed by atoms with E-state index in [1.807, 2.05) is 0 Å². The van der Waals surface area contributed by atoms with Crippen LogP contribution in [-0.4, -0.2) is 15.0 Å². The number of nitrogens with zero attached hydrogens (tertiary/aromatic N) is 2. The van der Waals surface area contributed by atoms with E-state index in [-0.39, 0.29) is 25.5 Å². The summed E-state index contributed by atoms with van der Waals surface area (Å²) < 4.78 is 13.2. The van der Waals surface area contributed by atoms with Crippen LogP contribution >= 0.6 is 11.3 Å². The molecule has 4 rings (SSSR count). The molecule has 8 nitrogen and oxygen atoms in total. The molecule has 1 amide bonds. The first kappa shape index (κ1) is 17.1. The number of nitrogens with one attached hydrogen (secondary N) is 1. The molecule has 0 spiro atoms. The number of aromatic nitrogens is 2. The topological polar surface area (TPSA) is 99.4 Å². The second-order valence-corrected chi connectivity index (χ2v) is 6.75. The largest absolute Gasteiger partial charge is 0.467 e. The van der Waals surface area contributed by atoms with Crippen LogP contribution in [-0.2, 0) is 24.4 Å². The van der Waals surface area contributed by atoms with Crippen molar-refractivity contribution in [3.63, 3.8) is 0 Å². The molecule has 138 valence electrons. The molecule has 4 heterocycles. The van der Waals surface area contributed by atoms with Gasteiger partial charge in [0.2, 0.25) is 5.91 Å². The number of hydrogen-bond donors (Lipinski definition) is 1. The Morgan fingerprint density at radius 2 is 1.78 bits per heavy atom.